The highest BCUT2D eigenvalue weighted by Gasteiger charge is 2.30. The Kier molecular flexibility index (Phi) is 5.23. The molecule has 20 heavy (non-hydrogen) atoms. The Balaban J connectivity index is 2.01. The number of amides is 2. The molecule has 6 heteroatoms. The lowest BCUT2D eigenvalue weighted by Crippen LogP contribution is -2.52. The lowest BCUT2D eigenvalue weighted by molar-refractivity contribution is 0.0292. The zero-order valence-electron chi connectivity index (χ0n) is 11.5. The highest BCUT2D eigenvalue weighted by Crippen LogP contribution is 2.21. The van der Waals surface area contributed by atoms with Gasteiger partial charge in [0.2, 0.25) is 0 Å². The Hall–Kier alpha value is -1.30. The smallest absolute Gasteiger partial charge is 0.322 e. The number of anilines is 1. The van der Waals surface area contributed by atoms with Gasteiger partial charge in [0.1, 0.15) is 0 Å². The molecule has 1 aliphatic rings. The maximum absolute atomic E-state index is 12.3. The summed E-state index contributed by atoms with van der Waals surface area (Å²) in [5.74, 6) is 0. The molecule has 1 aromatic rings. The summed E-state index contributed by atoms with van der Waals surface area (Å²) in [5.41, 5.74) is 6.45. The summed E-state index contributed by atoms with van der Waals surface area (Å²) in [7, 11) is 1.69. The number of nitrogens with two attached hydrogens (primary N) is 1. The highest BCUT2D eigenvalue weighted by molar-refractivity contribution is 6.30. The summed E-state index contributed by atoms with van der Waals surface area (Å²) < 4.78 is 5.35. The predicted molar refractivity (Wildman–Crippen MR) is 80.1 cm³/mol. The van der Waals surface area contributed by atoms with Gasteiger partial charge in [-0.05, 0) is 31.0 Å². The molecule has 2 atom stereocenters. The van der Waals surface area contributed by atoms with Crippen molar-refractivity contribution in [3.05, 3.63) is 29.3 Å². The van der Waals surface area contributed by atoms with Crippen LogP contribution in [0.5, 0.6) is 0 Å². The van der Waals surface area contributed by atoms with Gasteiger partial charge in [0.15, 0.2) is 0 Å². The molecule has 0 bridgehead atoms. The molecule has 5 nitrogen and oxygen atoms in total. The second-order valence-electron chi connectivity index (χ2n) is 4.91. The van der Waals surface area contributed by atoms with E-state index in [4.69, 9.17) is 22.1 Å². The van der Waals surface area contributed by atoms with Crippen LogP contribution in [-0.4, -0.2) is 43.3 Å². The Labute approximate surface area is 124 Å². The van der Waals surface area contributed by atoms with Gasteiger partial charge in [-0.2, -0.15) is 0 Å². The van der Waals surface area contributed by atoms with Crippen molar-refractivity contribution in [3.63, 3.8) is 0 Å². The van der Waals surface area contributed by atoms with Crippen LogP contribution in [0.2, 0.25) is 5.02 Å². The number of likely N-dealkylation sites (tertiary alicyclic amines) is 1. The highest BCUT2D eigenvalue weighted by atomic mass is 35.5. The first-order valence-corrected chi connectivity index (χ1v) is 7.08. The number of carbonyl (C=O) groups is 1. The van der Waals surface area contributed by atoms with Crippen molar-refractivity contribution in [2.45, 2.75) is 25.0 Å². The third kappa shape index (κ3) is 3.62. The maximum Gasteiger partial charge on any atom is 0.322 e. The van der Waals surface area contributed by atoms with Gasteiger partial charge in [-0.15, -0.1) is 0 Å². The van der Waals surface area contributed by atoms with Crippen molar-refractivity contribution in [1.82, 2.24) is 4.90 Å². The molecule has 3 N–H and O–H groups in total. The van der Waals surface area contributed by atoms with Crippen molar-refractivity contribution in [1.29, 1.82) is 0 Å². The molecule has 1 heterocycles. The van der Waals surface area contributed by atoms with Gasteiger partial charge in [0, 0.05) is 37.0 Å². The largest absolute Gasteiger partial charge is 0.381 e. The normalized spacial score (nSPS) is 22.6. The predicted octanol–water partition coefficient (Wildman–Crippen LogP) is 2.31. The Bertz CT molecular complexity index is 469. The summed E-state index contributed by atoms with van der Waals surface area (Å²) in [6.07, 6.45) is 1.78. The number of hydrogen-bond acceptors (Lipinski definition) is 3. The van der Waals surface area contributed by atoms with Crippen molar-refractivity contribution < 1.29 is 9.53 Å². The van der Waals surface area contributed by atoms with Gasteiger partial charge in [-0.1, -0.05) is 17.7 Å². The minimum absolute atomic E-state index is 0.00730. The quantitative estimate of drug-likeness (QED) is 0.899. The van der Waals surface area contributed by atoms with Crippen LogP contribution in [0.25, 0.3) is 0 Å². The maximum atomic E-state index is 12.3. The van der Waals surface area contributed by atoms with Crippen LogP contribution in [0.1, 0.15) is 12.8 Å². The zero-order valence-corrected chi connectivity index (χ0v) is 12.3. The van der Waals surface area contributed by atoms with Crippen molar-refractivity contribution >= 4 is 23.3 Å². The summed E-state index contributed by atoms with van der Waals surface area (Å²) >= 11 is 5.91. The number of ether oxygens (including phenoxy) is 1. The van der Waals surface area contributed by atoms with E-state index in [0.29, 0.717) is 23.8 Å². The molecule has 0 radical (unpaired) electrons. The Morgan fingerprint density at radius 2 is 2.40 bits per heavy atom. The third-order valence-electron chi connectivity index (χ3n) is 3.61. The third-order valence-corrected chi connectivity index (χ3v) is 3.84. The first-order chi connectivity index (χ1) is 9.63. The van der Waals surface area contributed by atoms with Gasteiger partial charge in [0.25, 0.3) is 0 Å². The van der Waals surface area contributed by atoms with E-state index >= 15 is 0 Å². The van der Waals surface area contributed by atoms with E-state index in [1.54, 1.807) is 30.2 Å². The number of hydrogen-bond donors (Lipinski definition) is 2. The standard InChI is InChI=1S/C14H20ClN3O2/c1-20-13-5-6-18(12(8-13)9-16)14(19)17-11-4-2-3-10(15)7-11/h2-4,7,12-13H,5-6,8-9,16H2,1H3,(H,17,19). The van der Waals surface area contributed by atoms with Crippen molar-refractivity contribution in [3.8, 4) is 0 Å². The van der Waals surface area contributed by atoms with Gasteiger partial charge in [-0.3, -0.25) is 0 Å². The van der Waals surface area contributed by atoms with Gasteiger partial charge >= 0.3 is 6.03 Å². The lowest BCUT2D eigenvalue weighted by Gasteiger charge is -2.38. The second-order valence-corrected chi connectivity index (χ2v) is 5.34. The summed E-state index contributed by atoms with van der Waals surface area (Å²) in [4.78, 5) is 14.1. The van der Waals surface area contributed by atoms with Crippen molar-refractivity contribution in [2.24, 2.45) is 5.73 Å². The van der Waals surface area contributed by atoms with E-state index in [1.807, 2.05) is 6.07 Å². The minimum Gasteiger partial charge on any atom is -0.381 e. The average molecular weight is 298 g/mol. The molecule has 0 aromatic heterocycles. The molecule has 110 valence electrons. The summed E-state index contributed by atoms with van der Waals surface area (Å²) in [5, 5.41) is 3.45. The van der Waals surface area contributed by atoms with Crippen molar-refractivity contribution in [2.75, 3.05) is 25.5 Å². The number of rotatable bonds is 3. The van der Waals surface area contributed by atoms with E-state index in [1.165, 1.54) is 0 Å². The molecule has 1 aromatic carbocycles. The molecular formula is C14H20ClN3O2. The molecule has 1 aliphatic heterocycles. The van der Waals surface area contributed by atoms with E-state index < -0.39 is 0 Å². The van der Waals surface area contributed by atoms with Crippen LogP contribution in [-0.2, 0) is 4.74 Å². The zero-order chi connectivity index (χ0) is 14.5. The number of benzene rings is 1. The van der Waals surface area contributed by atoms with Crippen LogP contribution in [0.15, 0.2) is 24.3 Å². The average Bonchev–Trinajstić information content (AvgIpc) is 2.46. The fraction of sp³-hybridized carbons (Fsp3) is 0.500. The lowest BCUT2D eigenvalue weighted by atomic mass is 10.00. The first kappa shape index (κ1) is 15.1. The Morgan fingerprint density at radius 3 is 3.05 bits per heavy atom. The number of piperidine rings is 1. The van der Waals surface area contributed by atoms with Crippen LogP contribution in [0.4, 0.5) is 10.5 Å². The first-order valence-electron chi connectivity index (χ1n) is 6.70. The summed E-state index contributed by atoms with van der Waals surface area (Å²) in [6, 6.07) is 6.96. The fourth-order valence-corrected chi connectivity index (χ4v) is 2.67. The second kappa shape index (κ2) is 6.92. The van der Waals surface area contributed by atoms with Crippen LogP contribution in [0, 0.1) is 0 Å². The molecule has 1 fully saturated rings. The molecule has 0 spiro atoms. The molecular weight excluding hydrogens is 278 g/mol. The van der Waals surface area contributed by atoms with E-state index in [2.05, 4.69) is 5.32 Å². The summed E-state index contributed by atoms with van der Waals surface area (Å²) in [6.45, 7) is 1.08. The number of carbonyl (C=O) groups excluding carboxylic acids is 1. The van der Waals surface area contributed by atoms with Gasteiger partial charge in [-0.25, -0.2) is 4.79 Å². The molecule has 2 unspecified atom stereocenters. The van der Waals surface area contributed by atoms with Gasteiger partial charge in [0.05, 0.1) is 6.10 Å². The van der Waals surface area contributed by atoms with E-state index in [-0.39, 0.29) is 18.2 Å². The number of halogens is 1. The SMILES string of the molecule is COC1CCN(C(=O)Nc2cccc(Cl)c2)C(CN)C1. The Morgan fingerprint density at radius 1 is 1.60 bits per heavy atom. The monoisotopic (exact) mass is 297 g/mol. The minimum atomic E-state index is -0.141. The number of nitrogens with zero attached hydrogens (tertiary/aromatic N) is 1. The molecule has 2 rings (SSSR count). The van der Waals surface area contributed by atoms with Crippen LogP contribution >= 0.6 is 11.6 Å². The molecule has 2 amide bonds. The number of nitrogens with one attached hydrogen (secondary N) is 1. The fourth-order valence-electron chi connectivity index (χ4n) is 2.48. The number of urea groups is 1. The molecule has 0 saturated carbocycles. The van der Waals surface area contributed by atoms with Crippen LogP contribution < -0.4 is 11.1 Å². The number of methoxy groups -OCH3 is 1. The van der Waals surface area contributed by atoms with Crippen LogP contribution in [0.3, 0.4) is 0 Å². The molecule has 1 saturated heterocycles. The van der Waals surface area contributed by atoms with E-state index in [9.17, 15) is 4.79 Å². The topological polar surface area (TPSA) is 67.6 Å². The molecule has 0 aliphatic carbocycles. The van der Waals surface area contributed by atoms with E-state index in [0.717, 1.165) is 12.8 Å². The van der Waals surface area contributed by atoms with Gasteiger partial charge < -0.3 is 20.7 Å².